The minimum absolute atomic E-state index is 0.184. The van der Waals surface area contributed by atoms with Gasteiger partial charge in [0, 0.05) is 12.1 Å². The molecule has 0 saturated heterocycles. The molecular weight excluding hydrogens is 389 g/mol. The lowest BCUT2D eigenvalue weighted by atomic mass is 10.1. The molecule has 2 aromatic carbocycles. The van der Waals surface area contributed by atoms with Crippen molar-refractivity contribution in [1.29, 1.82) is 5.26 Å². The zero-order valence-corrected chi connectivity index (χ0v) is 15.0. The molecule has 0 heterocycles. The summed E-state index contributed by atoms with van der Waals surface area (Å²) >= 11 is 0. The molecular formula is C19H17F3N4O3. The summed E-state index contributed by atoms with van der Waals surface area (Å²) in [6.07, 6.45) is -4.63. The van der Waals surface area contributed by atoms with Crippen LogP contribution in [0.3, 0.4) is 0 Å². The number of amides is 3. The van der Waals surface area contributed by atoms with E-state index in [1.54, 1.807) is 36.4 Å². The topological polar surface area (TPSA) is 103 Å². The monoisotopic (exact) mass is 406 g/mol. The third kappa shape index (κ3) is 7.80. The predicted octanol–water partition coefficient (Wildman–Crippen LogP) is 2.96. The van der Waals surface area contributed by atoms with Crippen LogP contribution in [0, 0.1) is 11.3 Å². The fraction of sp³-hybridized carbons (Fsp3) is 0.211. The number of hydrogen-bond donors (Lipinski definition) is 3. The third-order valence-corrected chi connectivity index (χ3v) is 3.59. The number of carbonyl (C=O) groups excluding carboxylic acids is 2. The van der Waals surface area contributed by atoms with Crippen LogP contribution in [-0.2, 0) is 11.2 Å². The van der Waals surface area contributed by atoms with Gasteiger partial charge in [-0.05, 0) is 29.8 Å². The van der Waals surface area contributed by atoms with Gasteiger partial charge >= 0.3 is 12.4 Å². The summed E-state index contributed by atoms with van der Waals surface area (Å²) in [5, 5.41) is 15.9. The number of halogens is 3. The first-order chi connectivity index (χ1) is 13.8. The van der Waals surface area contributed by atoms with Gasteiger partial charge in [0.15, 0.2) is 0 Å². The lowest BCUT2D eigenvalue weighted by Crippen LogP contribution is -2.49. The molecule has 1 atom stereocenters. The Morgan fingerprint density at radius 3 is 2.31 bits per heavy atom. The maximum Gasteiger partial charge on any atom is 0.573 e. The maximum absolute atomic E-state index is 12.2. The highest BCUT2D eigenvalue weighted by Gasteiger charge is 2.31. The highest BCUT2D eigenvalue weighted by molar-refractivity contribution is 5.93. The van der Waals surface area contributed by atoms with Crippen LogP contribution in [0.5, 0.6) is 5.75 Å². The zero-order valence-electron chi connectivity index (χ0n) is 15.0. The average molecular weight is 406 g/mol. The summed E-state index contributed by atoms with van der Waals surface area (Å²) in [5.41, 5.74) is 0.992. The van der Waals surface area contributed by atoms with Gasteiger partial charge in [-0.3, -0.25) is 4.79 Å². The second kappa shape index (κ2) is 9.98. The highest BCUT2D eigenvalue weighted by Crippen LogP contribution is 2.23. The third-order valence-electron chi connectivity index (χ3n) is 3.59. The standard InChI is InChI=1S/C19H17F3N4O3/c20-19(21,22)29-15-8-6-14(7-9-15)25-18(28)26-16(17(27)24-11-10-23)12-13-4-2-1-3-5-13/h1-9,16H,11-12H2,(H,24,27)(H2,25,26,28). The first kappa shape index (κ1) is 21.6. The molecule has 7 nitrogen and oxygen atoms in total. The molecule has 3 amide bonds. The Morgan fingerprint density at radius 1 is 1.07 bits per heavy atom. The van der Waals surface area contributed by atoms with Crippen LogP contribution in [0.1, 0.15) is 5.56 Å². The molecule has 3 N–H and O–H groups in total. The Labute approximate surface area is 164 Å². The largest absolute Gasteiger partial charge is 0.573 e. The van der Waals surface area contributed by atoms with Gasteiger partial charge in [-0.25, -0.2) is 4.79 Å². The van der Waals surface area contributed by atoms with Crippen molar-refractivity contribution in [3.05, 3.63) is 60.2 Å². The molecule has 0 aliphatic heterocycles. The number of nitriles is 1. The van der Waals surface area contributed by atoms with E-state index < -0.39 is 30.1 Å². The number of ether oxygens (including phenoxy) is 1. The average Bonchev–Trinajstić information content (AvgIpc) is 2.67. The number of nitrogens with zero attached hydrogens (tertiary/aromatic N) is 1. The van der Waals surface area contributed by atoms with Crippen LogP contribution in [-0.4, -0.2) is 30.9 Å². The first-order valence-electron chi connectivity index (χ1n) is 8.39. The summed E-state index contributed by atoms with van der Waals surface area (Å²) in [4.78, 5) is 24.5. The van der Waals surface area contributed by atoms with E-state index in [2.05, 4.69) is 20.7 Å². The number of urea groups is 1. The van der Waals surface area contributed by atoms with Gasteiger partial charge in [-0.15, -0.1) is 13.2 Å². The van der Waals surface area contributed by atoms with Crippen molar-refractivity contribution in [2.24, 2.45) is 0 Å². The number of alkyl halides is 3. The zero-order chi connectivity index (χ0) is 21.3. The second-order valence-electron chi connectivity index (χ2n) is 5.79. The molecule has 0 aromatic heterocycles. The smallest absolute Gasteiger partial charge is 0.406 e. The van der Waals surface area contributed by atoms with Gasteiger partial charge in [0.05, 0.1) is 6.07 Å². The van der Waals surface area contributed by atoms with Gasteiger partial charge in [-0.2, -0.15) is 5.26 Å². The number of nitrogens with one attached hydrogen (secondary N) is 3. The summed E-state index contributed by atoms with van der Waals surface area (Å²) < 4.78 is 40.3. The fourth-order valence-corrected chi connectivity index (χ4v) is 2.37. The molecule has 0 fully saturated rings. The minimum Gasteiger partial charge on any atom is -0.406 e. The highest BCUT2D eigenvalue weighted by atomic mass is 19.4. The van der Waals surface area contributed by atoms with Gasteiger partial charge in [0.25, 0.3) is 0 Å². The number of benzene rings is 2. The van der Waals surface area contributed by atoms with E-state index in [1.807, 2.05) is 0 Å². The molecule has 10 heteroatoms. The Balaban J connectivity index is 2.01. The normalized spacial score (nSPS) is 11.7. The van der Waals surface area contributed by atoms with Crippen LogP contribution < -0.4 is 20.7 Å². The molecule has 152 valence electrons. The van der Waals surface area contributed by atoms with E-state index >= 15 is 0 Å². The van der Waals surface area contributed by atoms with Crippen molar-refractivity contribution in [2.75, 3.05) is 11.9 Å². The van der Waals surface area contributed by atoms with Crippen LogP contribution in [0.2, 0.25) is 0 Å². The van der Waals surface area contributed by atoms with Gasteiger partial charge < -0.3 is 20.7 Å². The van der Waals surface area contributed by atoms with Crippen molar-refractivity contribution in [2.45, 2.75) is 18.8 Å². The van der Waals surface area contributed by atoms with Crippen molar-refractivity contribution < 1.29 is 27.5 Å². The molecule has 0 saturated carbocycles. The SMILES string of the molecule is N#CCNC(=O)C(Cc1ccccc1)NC(=O)Nc1ccc(OC(F)(F)F)cc1. The predicted molar refractivity (Wildman–Crippen MR) is 97.8 cm³/mol. The van der Waals surface area contributed by atoms with Gasteiger partial charge in [0.1, 0.15) is 18.3 Å². The number of rotatable bonds is 7. The van der Waals surface area contributed by atoms with Crippen molar-refractivity contribution >= 4 is 17.6 Å². The summed E-state index contributed by atoms with van der Waals surface area (Å²) in [6.45, 7) is -0.214. The van der Waals surface area contributed by atoms with E-state index in [4.69, 9.17) is 5.26 Å². The molecule has 29 heavy (non-hydrogen) atoms. The fourth-order valence-electron chi connectivity index (χ4n) is 2.37. The van der Waals surface area contributed by atoms with E-state index in [9.17, 15) is 22.8 Å². The van der Waals surface area contributed by atoms with E-state index in [0.29, 0.717) is 0 Å². The Kier molecular flexibility index (Phi) is 7.42. The first-order valence-corrected chi connectivity index (χ1v) is 8.39. The van der Waals surface area contributed by atoms with Crippen LogP contribution in [0.4, 0.5) is 23.7 Å². The molecule has 2 rings (SSSR count). The number of hydrogen-bond acceptors (Lipinski definition) is 4. The molecule has 0 bridgehead atoms. The molecule has 0 aliphatic carbocycles. The van der Waals surface area contributed by atoms with Crippen molar-refractivity contribution in [3.8, 4) is 11.8 Å². The Bertz CT molecular complexity index is 865. The molecule has 1 unspecified atom stereocenters. The summed E-state index contributed by atoms with van der Waals surface area (Å²) in [5.74, 6) is -0.972. The van der Waals surface area contributed by atoms with Crippen LogP contribution in [0.25, 0.3) is 0 Å². The number of carbonyl (C=O) groups is 2. The quantitative estimate of drug-likeness (QED) is 0.615. The summed E-state index contributed by atoms with van der Waals surface area (Å²) in [6, 6.07) is 13.6. The number of anilines is 1. The van der Waals surface area contributed by atoms with Crippen molar-refractivity contribution in [1.82, 2.24) is 10.6 Å². The molecule has 0 spiro atoms. The Hall–Kier alpha value is -3.74. The molecule has 2 aromatic rings. The maximum atomic E-state index is 12.2. The van der Waals surface area contributed by atoms with Gasteiger partial charge in [-0.1, -0.05) is 30.3 Å². The van der Waals surface area contributed by atoms with Crippen LogP contribution in [0.15, 0.2) is 54.6 Å². The minimum atomic E-state index is -4.81. The lowest BCUT2D eigenvalue weighted by Gasteiger charge is -2.18. The summed E-state index contributed by atoms with van der Waals surface area (Å²) in [7, 11) is 0. The van der Waals surface area contributed by atoms with E-state index in [-0.39, 0.29) is 18.7 Å². The lowest BCUT2D eigenvalue weighted by molar-refractivity contribution is -0.274. The van der Waals surface area contributed by atoms with Crippen molar-refractivity contribution in [3.63, 3.8) is 0 Å². The van der Waals surface area contributed by atoms with Gasteiger partial charge in [0.2, 0.25) is 5.91 Å². The Morgan fingerprint density at radius 2 is 1.72 bits per heavy atom. The second-order valence-corrected chi connectivity index (χ2v) is 5.79. The van der Waals surface area contributed by atoms with E-state index in [1.165, 1.54) is 12.1 Å². The molecule has 0 radical (unpaired) electrons. The molecule has 0 aliphatic rings. The van der Waals surface area contributed by atoms with E-state index in [0.717, 1.165) is 17.7 Å². The van der Waals surface area contributed by atoms with Crippen LogP contribution >= 0.6 is 0 Å².